The van der Waals surface area contributed by atoms with Crippen LogP contribution < -0.4 is 5.43 Å². The fourth-order valence-electron chi connectivity index (χ4n) is 3.22. The Morgan fingerprint density at radius 1 is 1.29 bits per heavy atom. The van der Waals surface area contributed by atoms with Crippen LogP contribution in [0.15, 0.2) is 75.2 Å². The van der Waals surface area contributed by atoms with Crippen molar-refractivity contribution in [3.8, 4) is 5.75 Å². The fourth-order valence-corrected chi connectivity index (χ4v) is 4.02. The van der Waals surface area contributed by atoms with Crippen molar-refractivity contribution in [1.29, 1.82) is 0 Å². The third-order valence-electron chi connectivity index (χ3n) is 4.72. The minimum absolute atomic E-state index is 0.0119. The van der Waals surface area contributed by atoms with Crippen LogP contribution in [0.4, 0.5) is 0 Å². The normalized spacial score (nSPS) is 12.0. The number of fused-ring (bicyclic) bond motifs is 1. The van der Waals surface area contributed by atoms with Crippen molar-refractivity contribution in [2.45, 2.75) is 23.0 Å². The van der Waals surface area contributed by atoms with Crippen LogP contribution in [0.25, 0.3) is 5.65 Å². The van der Waals surface area contributed by atoms with Gasteiger partial charge in [0.1, 0.15) is 5.76 Å². The second-order valence-electron chi connectivity index (χ2n) is 6.71. The first-order chi connectivity index (χ1) is 15.1. The molecule has 0 aliphatic heterocycles. The number of esters is 1. The van der Waals surface area contributed by atoms with Crippen LogP contribution in [-0.2, 0) is 15.3 Å². The highest BCUT2D eigenvalue weighted by Gasteiger charge is 2.29. The van der Waals surface area contributed by atoms with Crippen molar-refractivity contribution in [2.75, 3.05) is 7.11 Å². The van der Waals surface area contributed by atoms with E-state index in [2.05, 4.69) is 10.1 Å². The first-order valence-corrected chi connectivity index (χ1v) is 10.4. The van der Waals surface area contributed by atoms with Crippen LogP contribution in [0.3, 0.4) is 0 Å². The fraction of sp³-hybridized carbons (Fsp3) is 0.182. The van der Waals surface area contributed by atoms with Gasteiger partial charge in [0, 0.05) is 28.9 Å². The summed E-state index contributed by atoms with van der Waals surface area (Å²) in [6, 6.07) is 12.7. The Balaban J connectivity index is 1.76. The van der Waals surface area contributed by atoms with Crippen molar-refractivity contribution < 1.29 is 19.1 Å². The number of methoxy groups -OCH3 is 1. The van der Waals surface area contributed by atoms with Crippen molar-refractivity contribution in [1.82, 2.24) is 14.6 Å². The third-order valence-corrected chi connectivity index (χ3v) is 5.76. The average Bonchev–Trinajstić information content (AvgIpc) is 3.23. The molecule has 0 bridgehead atoms. The molecular formula is C22H19N3O5S. The molecule has 4 rings (SSSR count). The smallest absolute Gasteiger partial charge is 0.306 e. The molecule has 9 heteroatoms. The number of hydrogen-bond donors (Lipinski definition) is 1. The molecule has 0 aliphatic carbocycles. The van der Waals surface area contributed by atoms with Gasteiger partial charge in [-0.25, -0.2) is 9.50 Å². The summed E-state index contributed by atoms with van der Waals surface area (Å²) in [4.78, 5) is 30.0. The average molecular weight is 437 g/mol. The Hall–Kier alpha value is -3.59. The predicted molar refractivity (Wildman–Crippen MR) is 114 cm³/mol. The number of aromatic hydroxyl groups is 1. The number of ether oxygens (including phenoxy) is 1. The molecule has 0 saturated carbocycles. The number of carbonyl (C=O) groups excluding carboxylic acids is 1. The molecular weight excluding hydrogens is 418 g/mol. The lowest BCUT2D eigenvalue weighted by molar-refractivity contribution is -0.140. The van der Waals surface area contributed by atoms with Crippen molar-refractivity contribution in [2.24, 2.45) is 0 Å². The van der Waals surface area contributed by atoms with Gasteiger partial charge >= 0.3 is 5.97 Å². The summed E-state index contributed by atoms with van der Waals surface area (Å²) >= 11 is 1.49. The van der Waals surface area contributed by atoms with E-state index in [0.29, 0.717) is 22.7 Å². The van der Waals surface area contributed by atoms with Gasteiger partial charge in [0.25, 0.3) is 0 Å². The quantitative estimate of drug-likeness (QED) is 0.346. The Morgan fingerprint density at radius 3 is 2.87 bits per heavy atom. The monoisotopic (exact) mass is 437 g/mol. The topological polar surface area (TPSA) is 107 Å². The van der Waals surface area contributed by atoms with Crippen LogP contribution in [-0.4, -0.2) is 32.8 Å². The van der Waals surface area contributed by atoms with Gasteiger partial charge in [0.15, 0.2) is 11.4 Å². The summed E-state index contributed by atoms with van der Waals surface area (Å²) < 4.78 is 12.3. The second kappa shape index (κ2) is 9.05. The highest BCUT2D eigenvalue weighted by Crippen LogP contribution is 2.35. The maximum Gasteiger partial charge on any atom is 0.306 e. The minimum atomic E-state index is -0.797. The van der Waals surface area contributed by atoms with E-state index in [1.54, 1.807) is 29.2 Å². The lowest BCUT2D eigenvalue weighted by Gasteiger charge is -2.16. The van der Waals surface area contributed by atoms with Gasteiger partial charge in [-0.3, -0.25) is 9.59 Å². The molecule has 0 spiro atoms. The zero-order valence-electron chi connectivity index (χ0n) is 16.6. The molecule has 0 radical (unpaired) electrons. The van der Waals surface area contributed by atoms with E-state index < -0.39 is 23.1 Å². The Bertz CT molecular complexity index is 1270. The molecule has 8 nitrogen and oxygen atoms in total. The summed E-state index contributed by atoms with van der Waals surface area (Å²) in [7, 11) is 1.27. The van der Waals surface area contributed by atoms with E-state index in [9.17, 15) is 14.7 Å². The van der Waals surface area contributed by atoms with Crippen molar-refractivity contribution in [3.63, 3.8) is 0 Å². The van der Waals surface area contributed by atoms with Crippen LogP contribution in [0.2, 0.25) is 0 Å². The van der Waals surface area contributed by atoms with E-state index in [-0.39, 0.29) is 12.2 Å². The first kappa shape index (κ1) is 20.7. The van der Waals surface area contributed by atoms with E-state index in [1.165, 1.54) is 24.9 Å². The lowest BCUT2D eigenvalue weighted by Crippen LogP contribution is -2.14. The summed E-state index contributed by atoms with van der Waals surface area (Å²) in [5.41, 5.74) is 0.448. The number of thioether (sulfide) groups is 1. The van der Waals surface area contributed by atoms with Gasteiger partial charge in [0.05, 0.1) is 31.4 Å². The molecule has 1 N–H and O–H groups in total. The molecule has 31 heavy (non-hydrogen) atoms. The summed E-state index contributed by atoms with van der Waals surface area (Å²) in [6.45, 7) is 0. The molecule has 0 amide bonds. The molecule has 0 saturated heterocycles. The number of benzene rings is 1. The van der Waals surface area contributed by atoms with Gasteiger partial charge in [-0.1, -0.05) is 18.2 Å². The van der Waals surface area contributed by atoms with Gasteiger partial charge < -0.3 is 14.3 Å². The zero-order valence-corrected chi connectivity index (χ0v) is 17.4. The number of aromatic nitrogens is 3. The summed E-state index contributed by atoms with van der Waals surface area (Å²) in [5, 5.41) is 14.8. The molecule has 1 atom stereocenters. The summed E-state index contributed by atoms with van der Waals surface area (Å²) in [5.74, 6) is -1.11. The maximum atomic E-state index is 12.5. The Labute approximate surface area is 181 Å². The molecule has 3 heterocycles. The van der Waals surface area contributed by atoms with Crippen molar-refractivity contribution in [3.05, 3.63) is 88.4 Å². The number of hydrogen-bond acceptors (Lipinski definition) is 8. The second-order valence-corrected chi connectivity index (χ2v) is 7.76. The van der Waals surface area contributed by atoms with Gasteiger partial charge in [-0.2, -0.15) is 5.10 Å². The third kappa shape index (κ3) is 4.46. The largest absolute Gasteiger partial charge is 0.502 e. The van der Waals surface area contributed by atoms with E-state index in [1.807, 2.05) is 30.3 Å². The van der Waals surface area contributed by atoms with Crippen LogP contribution in [0.1, 0.15) is 29.4 Å². The molecule has 0 fully saturated rings. The van der Waals surface area contributed by atoms with Crippen LogP contribution in [0, 0.1) is 0 Å². The van der Waals surface area contributed by atoms with Crippen LogP contribution in [0.5, 0.6) is 5.75 Å². The zero-order chi connectivity index (χ0) is 21.8. The number of carbonyl (C=O) groups is 1. The van der Waals surface area contributed by atoms with Gasteiger partial charge in [-0.05, 0) is 18.2 Å². The predicted octanol–water partition coefficient (Wildman–Crippen LogP) is 3.38. The number of rotatable bonds is 7. The highest BCUT2D eigenvalue weighted by atomic mass is 32.2. The molecule has 4 aromatic rings. The maximum absolute atomic E-state index is 12.5. The molecule has 158 valence electrons. The van der Waals surface area contributed by atoms with E-state index in [0.717, 1.165) is 4.90 Å². The number of nitrogens with zero attached hydrogens (tertiary/aromatic N) is 3. The van der Waals surface area contributed by atoms with Crippen LogP contribution >= 0.6 is 11.8 Å². The highest BCUT2D eigenvalue weighted by molar-refractivity contribution is 7.98. The molecule has 0 unspecified atom stereocenters. The minimum Gasteiger partial charge on any atom is -0.502 e. The van der Waals surface area contributed by atoms with Gasteiger partial charge in [-0.15, -0.1) is 11.8 Å². The van der Waals surface area contributed by atoms with E-state index >= 15 is 0 Å². The Kier molecular flexibility index (Phi) is 6.03. The Morgan fingerprint density at radius 2 is 2.10 bits per heavy atom. The molecule has 0 aliphatic rings. The standard InChI is InChI=1S/C22H19N3O5S/c1-29-19(27)11-16(17-12-24-25-9-5-8-23-22(17)25)21-20(28)18(26)10-14(30-21)13-31-15-6-3-2-4-7-15/h2-10,12,16,28H,11,13H2,1H3/t16-/m0/s1. The van der Waals surface area contributed by atoms with Gasteiger partial charge in [0.2, 0.25) is 11.2 Å². The SMILES string of the molecule is COC(=O)C[C@H](c1oc(CSc2ccccc2)cc(=O)c1O)c1cnn2cccnc12. The lowest BCUT2D eigenvalue weighted by atomic mass is 9.94. The summed E-state index contributed by atoms with van der Waals surface area (Å²) in [6.07, 6.45) is 4.70. The molecule has 1 aromatic carbocycles. The molecule has 3 aromatic heterocycles. The first-order valence-electron chi connectivity index (χ1n) is 9.45. The van der Waals surface area contributed by atoms with E-state index in [4.69, 9.17) is 9.15 Å². The van der Waals surface area contributed by atoms with Crippen molar-refractivity contribution >= 4 is 23.4 Å².